The van der Waals surface area contributed by atoms with Crippen molar-refractivity contribution < 1.29 is 8.42 Å². The van der Waals surface area contributed by atoms with E-state index < -0.39 is 9.84 Å². The fourth-order valence-corrected chi connectivity index (χ4v) is 2.83. The average molecular weight is 297 g/mol. The van der Waals surface area contributed by atoms with Gasteiger partial charge in [-0.05, 0) is 30.2 Å². The van der Waals surface area contributed by atoms with Crippen molar-refractivity contribution in [3.63, 3.8) is 0 Å². The second-order valence-electron chi connectivity index (χ2n) is 3.90. The van der Waals surface area contributed by atoms with Gasteiger partial charge in [0.2, 0.25) is 0 Å². The van der Waals surface area contributed by atoms with Crippen LogP contribution in [0.5, 0.6) is 0 Å². The molecule has 96 valence electrons. The van der Waals surface area contributed by atoms with Crippen molar-refractivity contribution in [3.05, 3.63) is 33.8 Å². The number of sulfone groups is 1. The molecule has 1 aromatic rings. The van der Waals surface area contributed by atoms with Gasteiger partial charge in [-0.2, -0.15) is 0 Å². The summed E-state index contributed by atoms with van der Waals surface area (Å²) in [4.78, 5) is 0. The minimum atomic E-state index is -3.10. The molecular formula is C10H14Cl2N2O2S. The quantitative estimate of drug-likeness (QED) is 0.637. The highest BCUT2D eigenvalue weighted by Gasteiger charge is 2.16. The molecule has 0 saturated heterocycles. The Bertz CT molecular complexity index is 491. The van der Waals surface area contributed by atoms with Gasteiger partial charge >= 0.3 is 0 Å². The van der Waals surface area contributed by atoms with Crippen molar-refractivity contribution in [2.75, 3.05) is 12.0 Å². The molecule has 7 heteroatoms. The fraction of sp³-hybridized carbons (Fsp3) is 0.400. The summed E-state index contributed by atoms with van der Waals surface area (Å²) in [5.74, 6) is 5.28. The number of rotatable bonds is 5. The van der Waals surface area contributed by atoms with Crippen LogP contribution in [-0.4, -0.2) is 26.5 Å². The van der Waals surface area contributed by atoms with E-state index in [1.807, 2.05) is 0 Å². The smallest absolute Gasteiger partial charge is 0.149 e. The minimum Gasteiger partial charge on any atom is -0.271 e. The van der Waals surface area contributed by atoms with Crippen LogP contribution in [0.15, 0.2) is 18.2 Å². The molecule has 1 unspecified atom stereocenters. The van der Waals surface area contributed by atoms with Crippen LogP contribution in [0.25, 0.3) is 0 Å². The molecule has 3 N–H and O–H groups in total. The second kappa shape index (κ2) is 6.02. The van der Waals surface area contributed by atoms with Gasteiger partial charge in [-0.25, -0.2) is 8.42 Å². The lowest BCUT2D eigenvalue weighted by Gasteiger charge is -2.15. The highest BCUT2D eigenvalue weighted by molar-refractivity contribution is 7.90. The molecule has 4 nitrogen and oxygen atoms in total. The SMILES string of the molecule is CS(=O)(=O)CC(Cc1cc(Cl)ccc1Cl)NN. The van der Waals surface area contributed by atoms with Crippen molar-refractivity contribution in [2.24, 2.45) is 5.84 Å². The Morgan fingerprint density at radius 1 is 1.41 bits per heavy atom. The Hall–Kier alpha value is -0.330. The first-order valence-electron chi connectivity index (χ1n) is 4.89. The number of hydrogen-bond donors (Lipinski definition) is 2. The summed E-state index contributed by atoms with van der Waals surface area (Å²) in [6.07, 6.45) is 1.57. The molecule has 0 aromatic heterocycles. The number of benzene rings is 1. The Morgan fingerprint density at radius 3 is 2.59 bits per heavy atom. The van der Waals surface area contributed by atoms with Crippen LogP contribution in [-0.2, 0) is 16.3 Å². The van der Waals surface area contributed by atoms with Gasteiger partial charge in [0.15, 0.2) is 0 Å². The molecule has 0 aliphatic carbocycles. The molecule has 0 heterocycles. The molecule has 0 amide bonds. The first-order valence-corrected chi connectivity index (χ1v) is 7.71. The Balaban J connectivity index is 2.84. The van der Waals surface area contributed by atoms with Crippen molar-refractivity contribution in [3.8, 4) is 0 Å². The van der Waals surface area contributed by atoms with Gasteiger partial charge in [-0.3, -0.25) is 11.3 Å². The lowest BCUT2D eigenvalue weighted by atomic mass is 10.1. The molecule has 0 aliphatic heterocycles. The molecule has 0 saturated carbocycles. The molecule has 0 fully saturated rings. The van der Waals surface area contributed by atoms with Crippen LogP contribution in [0.3, 0.4) is 0 Å². The van der Waals surface area contributed by atoms with Crippen molar-refractivity contribution in [2.45, 2.75) is 12.5 Å². The van der Waals surface area contributed by atoms with E-state index in [1.165, 1.54) is 0 Å². The van der Waals surface area contributed by atoms with Crippen LogP contribution < -0.4 is 11.3 Å². The van der Waals surface area contributed by atoms with Crippen LogP contribution in [0, 0.1) is 0 Å². The summed E-state index contributed by atoms with van der Waals surface area (Å²) in [7, 11) is -3.10. The Labute approximate surface area is 111 Å². The van der Waals surface area contributed by atoms with Crippen molar-refractivity contribution in [1.82, 2.24) is 5.43 Å². The first kappa shape index (κ1) is 14.7. The number of nitrogens with two attached hydrogens (primary N) is 1. The van der Waals surface area contributed by atoms with E-state index in [2.05, 4.69) is 5.43 Å². The molecule has 17 heavy (non-hydrogen) atoms. The van der Waals surface area contributed by atoms with E-state index in [0.717, 1.165) is 11.8 Å². The van der Waals surface area contributed by atoms with E-state index in [-0.39, 0.29) is 11.8 Å². The van der Waals surface area contributed by atoms with E-state index in [4.69, 9.17) is 29.0 Å². The highest BCUT2D eigenvalue weighted by atomic mass is 35.5. The highest BCUT2D eigenvalue weighted by Crippen LogP contribution is 2.22. The van der Waals surface area contributed by atoms with Gasteiger partial charge in [-0.1, -0.05) is 23.2 Å². The molecular weight excluding hydrogens is 283 g/mol. The predicted octanol–water partition coefficient (Wildman–Crippen LogP) is 1.41. The third-order valence-electron chi connectivity index (χ3n) is 2.21. The third-order valence-corrected chi connectivity index (χ3v) is 3.83. The number of halogens is 2. The largest absolute Gasteiger partial charge is 0.271 e. The summed E-state index contributed by atoms with van der Waals surface area (Å²) >= 11 is 11.8. The molecule has 0 radical (unpaired) electrons. The van der Waals surface area contributed by atoms with Gasteiger partial charge in [0.25, 0.3) is 0 Å². The lowest BCUT2D eigenvalue weighted by molar-refractivity contribution is 0.546. The third kappa shape index (κ3) is 5.23. The molecule has 0 bridgehead atoms. The Morgan fingerprint density at radius 2 is 2.06 bits per heavy atom. The molecule has 0 spiro atoms. The van der Waals surface area contributed by atoms with Gasteiger partial charge in [-0.15, -0.1) is 0 Å². The van der Waals surface area contributed by atoms with E-state index in [1.54, 1.807) is 18.2 Å². The zero-order chi connectivity index (χ0) is 13.1. The van der Waals surface area contributed by atoms with E-state index in [9.17, 15) is 8.42 Å². The predicted molar refractivity (Wildman–Crippen MR) is 71.0 cm³/mol. The maximum absolute atomic E-state index is 11.2. The van der Waals surface area contributed by atoms with Crippen LogP contribution >= 0.6 is 23.2 Å². The lowest BCUT2D eigenvalue weighted by Crippen LogP contribution is -2.41. The van der Waals surface area contributed by atoms with Crippen LogP contribution in [0.1, 0.15) is 5.56 Å². The van der Waals surface area contributed by atoms with E-state index >= 15 is 0 Å². The van der Waals surface area contributed by atoms with Crippen molar-refractivity contribution >= 4 is 33.0 Å². The van der Waals surface area contributed by atoms with Crippen LogP contribution in [0.4, 0.5) is 0 Å². The summed E-state index contributed by atoms with van der Waals surface area (Å²) in [5.41, 5.74) is 3.24. The molecule has 0 aliphatic rings. The minimum absolute atomic E-state index is 0.0493. The zero-order valence-corrected chi connectivity index (χ0v) is 11.6. The molecule has 1 rings (SSSR count). The van der Waals surface area contributed by atoms with Gasteiger partial charge in [0, 0.05) is 22.3 Å². The van der Waals surface area contributed by atoms with Crippen molar-refractivity contribution in [1.29, 1.82) is 0 Å². The number of hydrazine groups is 1. The van der Waals surface area contributed by atoms with Gasteiger partial charge in [0.1, 0.15) is 9.84 Å². The van der Waals surface area contributed by atoms with Gasteiger partial charge in [0.05, 0.1) is 5.75 Å². The molecule has 1 aromatic carbocycles. The maximum Gasteiger partial charge on any atom is 0.149 e. The fourth-order valence-electron chi connectivity index (χ4n) is 1.50. The number of hydrogen-bond acceptors (Lipinski definition) is 4. The maximum atomic E-state index is 11.2. The Kier molecular flexibility index (Phi) is 5.22. The standard InChI is InChI=1S/C10H14Cl2N2O2S/c1-17(15,16)6-9(14-13)5-7-4-8(11)2-3-10(7)12/h2-4,9,14H,5-6,13H2,1H3. The van der Waals surface area contributed by atoms with Gasteiger partial charge < -0.3 is 0 Å². The topological polar surface area (TPSA) is 72.2 Å². The normalized spacial score (nSPS) is 13.6. The zero-order valence-electron chi connectivity index (χ0n) is 9.28. The number of nitrogens with one attached hydrogen (secondary N) is 1. The van der Waals surface area contributed by atoms with E-state index in [0.29, 0.717) is 16.5 Å². The first-order chi connectivity index (χ1) is 7.81. The summed E-state index contributed by atoms with van der Waals surface area (Å²) in [6.45, 7) is 0. The molecule has 1 atom stereocenters. The summed E-state index contributed by atoms with van der Waals surface area (Å²) in [6, 6.07) is 4.67. The summed E-state index contributed by atoms with van der Waals surface area (Å²) < 4.78 is 22.4. The monoisotopic (exact) mass is 296 g/mol. The second-order valence-corrected chi connectivity index (χ2v) is 6.92. The average Bonchev–Trinajstić information content (AvgIpc) is 2.20. The summed E-state index contributed by atoms with van der Waals surface area (Å²) in [5, 5.41) is 1.10. The van der Waals surface area contributed by atoms with Crippen LogP contribution in [0.2, 0.25) is 10.0 Å².